The first-order chi connectivity index (χ1) is 9.29. The molecular weight excluding hydrogens is 240 g/mol. The largest absolute Gasteiger partial charge is 0.395 e. The highest BCUT2D eigenvalue weighted by Gasteiger charge is 2.22. The van der Waals surface area contributed by atoms with Gasteiger partial charge in [0.05, 0.1) is 19.1 Å². The third kappa shape index (κ3) is 2.11. The summed E-state index contributed by atoms with van der Waals surface area (Å²) < 4.78 is 1.56. The lowest BCUT2D eigenvalue weighted by Gasteiger charge is -2.13. The van der Waals surface area contributed by atoms with Gasteiger partial charge < -0.3 is 5.11 Å². The zero-order valence-corrected chi connectivity index (χ0v) is 10.4. The van der Waals surface area contributed by atoms with Crippen molar-refractivity contribution in [2.24, 2.45) is 4.99 Å². The van der Waals surface area contributed by atoms with Crippen LogP contribution in [0.1, 0.15) is 27.4 Å². The summed E-state index contributed by atoms with van der Waals surface area (Å²) in [4.78, 5) is 16.6. The first-order valence-corrected chi connectivity index (χ1v) is 6.20. The normalized spacial score (nSPS) is 14.4. The van der Waals surface area contributed by atoms with Crippen LogP contribution in [0.25, 0.3) is 0 Å². The van der Waals surface area contributed by atoms with Gasteiger partial charge in [0.2, 0.25) is 5.91 Å². The highest BCUT2D eigenvalue weighted by molar-refractivity contribution is 5.90. The predicted molar refractivity (Wildman–Crippen MR) is 72.6 cm³/mol. The van der Waals surface area contributed by atoms with Crippen molar-refractivity contribution < 1.29 is 9.90 Å². The lowest BCUT2D eigenvalue weighted by molar-refractivity contribution is 0.0838. The Labute approximate surface area is 111 Å². The molecule has 1 aromatic carbocycles. The second-order valence-corrected chi connectivity index (χ2v) is 4.60. The molecule has 19 heavy (non-hydrogen) atoms. The molecule has 1 aliphatic heterocycles. The summed E-state index contributed by atoms with van der Waals surface area (Å²) in [6.45, 7) is 0.435. The van der Waals surface area contributed by atoms with Gasteiger partial charge in [-0.15, -0.1) is 0 Å². The molecule has 4 heteroatoms. The molecular formula is C15H14N2O2. The van der Waals surface area contributed by atoms with Gasteiger partial charge in [0, 0.05) is 29.7 Å². The van der Waals surface area contributed by atoms with Crippen molar-refractivity contribution in [1.29, 1.82) is 0 Å². The highest BCUT2D eigenvalue weighted by atomic mass is 16.3. The number of rotatable bonds is 3. The lowest BCUT2D eigenvalue weighted by atomic mass is 9.99. The van der Waals surface area contributed by atoms with Crippen LogP contribution in [0, 0.1) is 0 Å². The van der Waals surface area contributed by atoms with Crippen LogP contribution in [0.5, 0.6) is 0 Å². The Bertz CT molecular complexity index is 629. The van der Waals surface area contributed by atoms with Crippen LogP contribution in [-0.2, 0) is 6.54 Å². The summed E-state index contributed by atoms with van der Waals surface area (Å²) in [7, 11) is 0. The van der Waals surface area contributed by atoms with Gasteiger partial charge in [0.1, 0.15) is 0 Å². The third-order valence-electron chi connectivity index (χ3n) is 3.37. The Kier molecular flexibility index (Phi) is 3.01. The first-order valence-electron chi connectivity index (χ1n) is 6.20. The van der Waals surface area contributed by atoms with E-state index in [-0.39, 0.29) is 12.5 Å². The summed E-state index contributed by atoms with van der Waals surface area (Å²) in [5.41, 5.74) is 2.87. The monoisotopic (exact) mass is 254 g/mol. The molecule has 1 aliphatic rings. The minimum absolute atomic E-state index is 0.114. The molecule has 2 heterocycles. The van der Waals surface area contributed by atoms with Crippen molar-refractivity contribution in [3.05, 3.63) is 59.4 Å². The Balaban J connectivity index is 1.91. The number of aliphatic hydroxyl groups excluding tert-OH is 1. The van der Waals surface area contributed by atoms with Gasteiger partial charge in [0.25, 0.3) is 0 Å². The number of aromatic nitrogens is 1. The van der Waals surface area contributed by atoms with E-state index >= 15 is 0 Å². The van der Waals surface area contributed by atoms with Gasteiger partial charge in [-0.25, -0.2) is 0 Å². The van der Waals surface area contributed by atoms with Crippen molar-refractivity contribution in [2.75, 3.05) is 6.61 Å². The summed E-state index contributed by atoms with van der Waals surface area (Å²) in [6, 6.07) is 9.35. The number of fused-ring (bicyclic) bond motifs is 1. The summed E-state index contributed by atoms with van der Waals surface area (Å²) in [5, 5.41) is 9.50. The molecule has 1 unspecified atom stereocenters. The molecule has 0 amide bonds. The number of nitrogens with zero attached hydrogens (tertiary/aromatic N) is 2. The molecule has 1 atom stereocenters. The Morgan fingerprint density at radius 3 is 2.79 bits per heavy atom. The van der Waals surface area contributed by atoms with Crippen LogP contribution in [0.3, 0.4) is 0 Å². The topological polar surface area (TPSA) is 54.6 Å². The number of benzene rings is 1. The van der Waals surface area contributed by atoms with Crippen LogP contribution in [0.4, 0.5) is 0 Å². The average Bonchev–Trinajstić information content (AvgIpc) is 3.01. The molecule has 3 rings (SSSR count). The van der Waals surface area contributed by atoms with E-state index in [2.05, 4.69) is 4.99 Å². The highest BCUT2D eigenvalue weighted by Crippen LogP contribution is 2.21. The molecule has 0 aliphatic carbocycles. The van der Waals surface area contributed by atoms with Gasteiger partial charge in [-0.2, -0.15) is 0 Å². The van der Waals surface area contributed by atoms with Crippen LogP contribution in [0.15, 0.2) is 47.7 Å². The van der Waals surface area contributed by atoms with E-state index in [1.165, 1.54) is 0 Å². The van der Waals surface area contributed by atoms with Crippen LogP contribution in [-0.4, -0.2) is 28.4 Å². The van der Waals surface area contributed by atoms with E-state index in [4.69, 9.17) is 0 Å². The Morgan fingerprint density at radius 2 is 2.11 bits per heavy atom. The standard InChI is InChI=1S/C15H14N2O2/c18-10-14(11-4-2-1-3-5-11)15(19)17-8-12-6-16-7-13(12)9-17/h1-6,8-9,14,18H,7,10H2. The molecule has 0 spiro atoms. The van der Waals surface area contributed by atoms with Gasteiger partial charge in [-0.1, -0.05) is 30.3 Å². The maximum atomic E-state index is 12.4. The molecule has 0 saturated carbocycles. The van der Waals surface area contributed by atoms with Crippen molar-refractivity contribution in [3.8, 4) is 0 Å². The van der Waals surface area contributed by atoms with Gasteiger partial charge in [-0.3, -0.25) is 14.4 Å². The van der Waals surface area contributed by atoms with Crippen molar-refractivity contribution in [1.82, 2.24) is 4.57 Å². The molecule has 96 valence electrons. The van der Waals surface area contributed by atoms with Gasteiger partial charge in [0.15, 0.2) is 0 Å². The molecule has 4 nitrogen and oxygen atoms in total. The zero-order valence-electron chi connectivity index (χ0n) is 10.4. The van der Waals surface area contributed by atoms with E-state index in [1.54, 1.807) is 23.2 Å². The SMILES string of the molecule is O=C(C(CO)c1ccccc1)n1cc2c(c1)CN=C2. The van der Waals surface area contributed by atoms with Crippen molar-refractivity contribution in [3.63, 3.8) is 0 Å². The smallest absolute Gasteiger partial charge is 0.240 e. The van der Waals surface area contributed by atoms with Crippen LogP contribution < -0.4 is 0 Å². The lowest BCUT2D eigenvalue weighted by Crippen LogP contribution is -2.22. The predicted octanol–water partition coefficient (Wildman–Crippen LogP) is 1.84. The molecule has 2 aromatic rings. The molecule has 0 radical (unpaired) electrons. The second kappa shape index (κ2) is 4.82. The molecule has 1 N–H and O–H groups in total. The van der Waals surface area contributed by atoms with E-state index in [9.17, 15) is 9.90 Å². The zero-order chi connectivity index (χ0) is 13.2. The summed E-state index contributed by atoms with van der Waals surface area (Å²) in [5.74, 6) is -0.637. The van der Waals surface area contributed by atoms with Crippen molar-refractivity contribution >= 4 is 12.1 Å². The van der Waals surface area contributed by atoms with E-state index in [0.717, 1.165) is 16.7 Å². The Morgan fingerprint density at radius 1 is 1.32 bits per heavy atom. The fraction of sp³-hybridized carbons (Fsp3) is 0.200. The number of hydrogen-bond acceptors (Lipinski definition) is 3. The number of carbonyl (C=O) groups excluding carboxylic acids is 1. The Hall–Kier alpha value is -2.20. The number of aliphatic hydroxyl groups is 1. The first kappa shape index (κ1) is 11.9. The van der Waals surface area contributed by atoms with E-state index < -0.39 is 5.92 Å². The van der Waals surface area contributed by atoms with Crippen molar-refractivity contribution in [2.45, 2.75) is 12.5 Å². The van der Waals surface area contributed by atoms with E-state index in [0.29, 0.717) is 6.54 Å². The van der Waals surface area contributed by atoms with E-state index in [1.807, 2.05) is 30.3 Å². The number of carbonyl (C=O) groups is 1. The molecule has 1 aromatic heterocycles. The quantitative estimate of drug-likeness (QED) is 0.908. The fourth-order valence-electron chi connectivity index (χ4n) is 2.32. The maximum Gasteiger partial charge on any atom is 0.240 e. The molecule has 0 fully saturated rings. The number of hydrogen-bond donors (Lipinski definition) is 1. The fourth-order valence-corrected chi connectivity index (χ4v) is 2.32. The molecule has 0 saturated heterocycles. The third-order valence-corrected chi connectivity index (χ3v) is 3.37. The maximum absolute atomic E-state index is 12.4. The van der Waals surface area contributed by atoms with Crippen LogP contribution in [0.2, 0.25) is 0 Å². The molecule has 0 bridgehead atoms. The average molecular weight is 254 g/mol. The van der Waals surface area contributed by atoms with Gasteiger partial charge >= 0.3 is 0 Å². The summed E-state index contributed by atoms with van der Waals surface area (Å²) in [6.07, 6.45) is 5.35. The number of aliphatic imine (C=N–C) groups is 1. The summed E-state index contributed by atoms with van der Waals surface area (Å²) >= 11 is 0. The van der Waals surface area contributed by atoms with Gasteiger partial charge in [-0.05, 0) is 5.56 Å². The second-order valence-electron chi connectivity index (χ2n) is 4.60. The van der Waals surface area contributed by atoms with Crippen LogP contribution >= 0.6 is 0 Å². The minimum atomic E-state index is -0.523. The minimum Gasteiger partial charge on any atom is -0.395 e.